The summed E-state index contributed by atoms with van der Waals surface area (Å²) < 4.78 is 116. The molecule has 1 aliphatic heterocycles. The van der Waals surface area contributed by atoms with Crippen molar-refractivity contribution in [3.8, 4) is 0 Å². The van der Waals surface area contributed by atoms with E-state index in [0.717, 1.165) is 30.5 Å². The lowest BCUT2D eigenvalue weighted by Gasteiger charge is -2.35. The van der Waals surface area contributed by atoms with Crippen LogP contribution in [0.2, 0.25) is 5.02 Å². The van der Waals surface area contributed by atoms with Crippen LogP contribution in [0.3, 0.4) is 0 Å². The van der Waals surface area contributed by atoms with Crippen molar-refractivity contribution in [3.63, 3.8) is 0 Å². The van der Waals surface area contributed by atoms with E-state index in [1.54, 1.807) is 0 Å². The highest BCUT2D eigenvalue weighted by Gasteiger charge is 2.42. The lowest BCUT2D eigenvalue weighted by molar-refractivity contribution is -0.179. The number of nitrogens with zero attached hydrogens (tertiary/aromatic N) is 2. The molecule has 3 rings (SSSR count). The number of anilines is 2. The quantitative estimate of drug-likeness (QED) is 0.341. The van der Waals surface area contributed by atoms with Crippen molar-refractivity contribution >= 4 is 44.7 Å². The normalized spacial score (nSPS) is 16.5. The Hall–Kier alpha value is -3.07. The fourth-order valence-corrected chi connectivity index (χ4v) is 5.68. The molecule has 2 aromatic carbocycles. The topological polar surface area (TPSA) is 88.1 Å². The molecular weight excluding hydrogens is 619 g/mol. The summed E-state index contributed by atoms with van der Waals surface area (Å²) >= 11 is 5.84. The largest absolute Gasteiger partial charge is 0.442 e. The summed E-state index contributed by atoms with van der Waals surface area (Å²) in [6.45, 7) is 4.04. The zero-order valence-corrected chi connectivity index (χ0v) is 24.3. The van der Waals surface area contributed by atoms with Crippen LogP contribution in [0.15, 0.2) is 39.6 Å². The Labute approximate surface area is 242 Å². The molecule has 1 fully saturated rings. The Morgan fingerprint density at radius 3 is 2.17 bits per heavy atom. The Balaban J connectivity index is 1.99. The number of amides is 2. The van der Waals surface area contributed by atoms with Crippen molar-refractivity contribution in [2.45, 2.75) is 56.5 Å². The molecule has 232 valence electrons. The van der Waals surface area contributed by atoms with E-state index in [-0.39, 0.29) is 30.0 Å². The van der Waals surface area contributed by atoms with E-state index in [1.165, 1.54) is 25.7 Å². The molecule has 0 saturated carbocycles. The minimum atomic E-state index is -4.92. The summed E-state index contributed by atoms with van der Waals surface area (Å²) in [5.41, 5.74) is -3.12. The number of carbonyl (C=O) groups is 2. The van der Waals surface area contributed by atoms with Crippen LogP contribution in [0.25, 0.3) is 0 Å². The molecule has 0 aromatic heterocycles. The molecule has 1 aliphatic rings. The SMILES string of the molecule is CC(C)(C)OC(=O)N=[S@](C)(=O)c1cc(NC(=O)c2cc(Cl)c(C(F)(F)F)cc2N2CCC(C(F)(F)F)CC2)ccc1F. The number of alkyl halides is 6. The molecule has 1 heterocycles. The molecule has 1 saturated heterocycles. The van der Waals surface area contributed by atoms with Crippen LogP contribution < -0.4 is 10.2 Å². The summed E-state index contributed by atoms with van der Waals surface area (Å²) in [4.78, 5) is 26.0. The number of hydrogen-bond donors (Lipinski definition) is 1. The predicted molar refractivity (Wildman–Crippen MR) is 143 cm³/mol. The van der Waals surface area contributed by atoms with E-state index in [4.69, 9.17) is 16.3 Å². The molecule has 0 aliphatic carbocycles. The van der Waals surface area contributed by atoms with Gasteiger partial charge in [-0.25, -0.2) is 13.4 Å². The molecule has 0 spiro atoms. The number of ether oxygens (including phenoxy) is 1. The molecule has 0 radical (unpaired) electrons. The van der Waals surface area contributed by atoms with Crippen LogP contribution >= 0.6 is 11.6 Å². The average molecular weight is 646 g/mol. The van der Waals surface area contributed by atoms with Gasteiger partial charge in [-0.1, -0.05) is 11.6 Å². The van der Waals surface area contributed by atoms with Gasteiger partial charge in [0.15, 0.2) is 0 Å². The molecule has 0 unspecified atom stereocenters. The number of hydrogen-bond acceptors (Lipinski definition) is 5. The smallest absolute Gasteiger partial charge is 0.442 e. The van der Waals surface area contributed by atoms with Gasteiger partial charge in [0.2, 0.25) is 0 Å². The van der Waals surface area contributed by atoms with Crippen molar-refractivity contribution < 1.29 is 49.3 Å². The number of benzene rings is 2. The Bertz CT molecular complexity index is 1490. The van der Waals surface area contributed by atoms with Crippen LogP contribution in [0.1, 0.15) is 49.5 Å². The number of rotatable bonds is 4. The van der Waals surface area contributed by atoms with Crippen molar-refractivity contribution in [2.75, 3.05) is 29.6 Å². The summed E-state index contributed by atoms with van der Waals surface area (Å²) in [6, 6.07) is 4.18. The molecule has 7 nitrogen and oxygen atoms in total. The third kappa shape index (κ3) is 8.27. The minimum absolute atomic E-state index is 0.164. The molecule has 16 heteroatoms. The van der Waals surface area contributed by atoms with Gasteiger partial charge in [0.1, 0.15) is 11.4 Å². The van der Waals surface area contributed by atoms with E-state index in [0.29, 0.717) is 6.07 Å². The van der Waals surface area contributed by atoms with Gasteiger partial charge >= 0.3 is 18.4 Å². The molecular formula is C26H27ClF7N3O4S. The Morgan fingerprint density at radius 1 is 1.05 bits per heavy atom. The van der Waals surface area contributed by atoms with Crippen molar-refractivity contribution in [3.05, 3.63) is 52.3 Å². The zero-order valence-electron chi connectivity index (χ0n) is 22.8. The van der Waals surface area contributed by atoms with E-state index in [1.807, 2.05) is 0 Å². The van der Waals surface area contributed by atoms with Gasteiger partial charge in [-0.2, -0.15) is 26.3 Å². The molecule has 42 heavy (non-hydrogen) atoms. The maximum absolute atomic E-state index is 14.6. The summed E-state index contributed by atoms with van der Waals surface area (Å²) in [5.74, 6) is -3.70. The second kappa shape index (κ2) is 11.9. The van der Waals surface area contributed by atoms with Gasteiger partial charge in [0, 0.05) is 25.0 Å². The number of piperidine rings is 1. The third-order valence-electron chi connectivity index (χ3n) is 6.17. The van der Waals surface area contributed by atoms with Gasteiger partial charge in [-0.05, 0) is 63.9 Å². The first-order chi connectivity index (χ1) is 19.1. The third-order valence-corrected chi connectivity index (χ3v) is 8.11. The monoisotopic (exact) mass is 645 g/mol. The van der Waals surface area contributed by atoms with Crippen LogP contribution in [0.5, 0.6) is 0 Å². The fraction of sp³-hybridized carbons (Fsp3) is 0.462. The molecule has 2 aromatic rings. The zero-order chi connectivity index (χ0) is 31.8. The lowest BCUT2D eigenvalue weighted by atomic mass is 9.95. The van der Waals surface area contributed by atoms with Gasteiger partial charge in [0.05, 0.1) is 42.4 Å². The molecule has 2 amide bonds. The van der Waals surface area contributed by atoms with E-state index < -0.39 is 79.7 Å². The highest BCUT2D eigenvalue weighted by Crippen LogP contribution is 2.41. The summed E-state index contributed by atoms with van der Waals surface area (Å²) in [6.07, 6.45) is -10.4. The molecule has 1 atom stereocenters. The number of halogens is 8. The Morgan fingerprint density at radius 2 is 1.64 bits per heavy atom. The van der Waals surface area contributed by atoms with Gasteiger partial charge in [-0.15, -0.1) is 4.36 Å². The standard InChI is InChI=1S/C26H27ClF7N3O4S/c1-24(2,3)41-23(39)36-42(4,40)21-11-15(5-6-19(21)28)35-22(38)16-12-18(27)17(26(32,33)34)13-20(16)37-9-7-14(8-10-37)25(29,30)31/h5-6,11-14H,7-10H2,1-4H3,(H,35,38)/t42-/m1/s1. The predicted octanol–water partition coefficient (Wildman–Crippen LogP) is 7.92. The van der Waals surface area contributed by atoms with Gasteiger partial charge in [-0.3, -0.25) is 4.79 Å². The summed E-state index contributed by atoms with van der Waals surface area (Å²) in [5, 5.41) is 1.53. The van der Waals surface area contributed by atoms with E-state index >= 15 is 0 Å². The fourth-order valence-electron chi connectivity index (χ4n) is 4.21. The first-order valence-electron chi connectivity index (χ1n) is 12.4. The molecule has 1 N–H and O–H groups in total. The summed E-state index contributed by atoms with van der Waals surface area (Å²) in [7, 11) is -3.73. The maximum Gasteiger partial charge on any atom is 0.442 e. The van der Waals surface area contributed by atoms with Crippen molar-refractivity contribution in [2.24, 2.45) is 10.3 Å². The van der Waals surface area contributed by atoms with Crippen LogP contribution in [0, 0.1) is 11.7 Å². The second-order valence-corrected chi connectivity index (χ2v) is 13.3. The second-order valence-electron chi connectivity index (χ2n) is 10.6. The highest BCUT2D eigenvalue weighted by atomic mass is 35.5. The minimum Gasteiger partial charge on any atom is -0.442 e. The van der Waals surface area contributed by atoms with E-state index in [2.05, 4.69) is 9.68 Å². The first-order valence-corrected chi connectivity index (χ1v) is 14.7. The first kappa shape index (κ1) is 33.4. The Kier molecular flexibility index (Phi) is 9.47. The van der Waals surface area contributed by atoms with Crippen LogP contribution in [0.4, 0.5) is 46.9 Å². The van der Waals surface area contributed by atoms with Crippen molar-refractivity contribution in [1.82, 2.24) is 0 Å². The molecule has 0 bridgehead atoms. The lowest BCUT2D eigenvalue weighted by Crippen LogP contribution is -2.40. The van der Waals surface area contributed by atoms with E-state index in [9.17, 15) is 44.5 Å². The van der Waals surface area contributed by atoms with Gasteiger partial charge < -0.3 is 15.0 Å². The maximum atomic E-state index is 14.6. The van der Waals surface area contributed by atoms with Crippen LogP contribution in [-0.4, -0.2) is 47.3 Å². The van der Waals surface area contributed by atoms with Crippen molar-refractivity contribution in [1.29, 1.82) is 0 Å². The van der Waals surface area contributed by atoms with Gasteiger partial charge in [0.25, 0.3) is 5.91 Å². The number of nitrogens with one attached hydrogen (secondary N) is 1. The average Bonchev–Trinajstić information content (AvgIpc) is 2.82. The number of carbonyl (C=O) groups excluding carboxylic acids is 2. The van der Waals surface area contributed by atoms with Crippen LogP contribution in [-0.2, 0) is 20.6 Å². The highest BCUT2D eigenvalue weighted by molar-refractivity contribution is 7.93.